The van der Waals surface area contributed by atoms with Gasteiger partial charge in [0.05, 0.1) is 0 Å². The van der Waals surface area contributed by atoms with Crippen LogP contribution in [0.3, 0.4) is 0 Å². The molecule has 3 rings (SSSR count). The van der Waals surface area contributed by atoms with Crippen LogP contribution in [-0.2, 0) is 0 Å². The molecule has 0 aromatic heterocycles. The van der Waals surface area contributed by atoms with E-state index in [9.17, 15) is 0 Å². The van der Waals surface area contributed by atoms with Crippen molar-refractivity contribution in [3.05, 3.63) is 24.3 Å². The van der Waals surface area contributed by atoms with Gasteiger partial charge in [-0.1, -0.05) is 69.8 Å². The molecule has 28 heavy (non-hydrogen) atoms. The van der Waals surface area contributed by atoms with E-state index >= 15 is 0 Å². The number of rotatable bonds is 8. The van der Waals surface area contributed by atoms with E-state index in [0.717, 1.165) is 35.5 Å². The molecule has 0 nitrogen and oxygen atoms in total. The SMILES string of the molecule is CC=CC1CCC(C=CCCC2CCC(C3CCC(CCC)CC3)CC2)CC1. The molecule has 3 aliphatic carbocycles. The van der Waals surface area contributed by atoms with Crippen LogP contribution in [0.15, 0.2) is 24.3 Å². The maximum absolute atomic E-state index is 2.58. The zero-order valence-corrected chi connectivity index (χ0v) is 19.1. The molecule has 0 radical (unpaired) electrons. The lowest BCUT2D eigenvalue weighted by atomic mass is 9.68. The van der Waals surface area contributed by atoms with Gasteiger partial charge in [-0.2, -0.15) is 0 Å². The molecule has 0 spiro atoms. The van der Waals surface area contributed by atoms with Gasteiger partial charge in [0, 0.05) is 0 Å². The van der Waals surface area contributed by atoms with E-state index < -0.39 is 0 Å². The van der Waals surface area contributed by atoms with E-state index in [1.165, 1.54) is 64.2 Å². The van der Waals surface area contributed by atoms with Gasteiger partial charge in [-0.15, -0.1) is 0 Å². The van der Waals surface area contributed by atoms with Crippen molar-refractivity contribution in [2.45, 2.75) is 117 Å². The summed E-state index contributed by atoms with van der Waals surface area (Å²) < 4.78 is 0. The summed E-state index contributed by atoms with van der Waals surface area (Å²) in [6.07, 6.45) is 33.5. The Morgan fingerprint density at radius 2 is 1.11 bits per heavy atom. The Morgan fingerprint density at radius 3 is 1.61 bits per heavy atom. The van der Waals surface area contributed by atoms with Crippen molar-refractivity contribution in [1.82, 2.24) is 0 Å². The molecule has 0 heteroatoms. The highest BCUT2D eigenvalue weighted by molar-refractivity contribution is 4.95. The van der Waals surface area contributed by atoms with Crippen LogP contribution in [0.2, 0.25) is 0 Å². The molecule has 160 valence electrons. The molecule has 0 saturated heterocycles. The minimum Gasteiger partial charge on any atom is -0.0914 e. The first kappa shape index (κ1) is 22.2. The van der Waals surface area contributed by atoms with Crippen LogP contribution < -0.4 is 0 Å². The fraction of sp³-hybridized carbons (Fsp3) is 0.857. The molecule has 0 aromatic rings. The Bertz CT molecular complexity index is 448. The molecule has 0 atom stereocenters. The first-order chi connectivity index (χ1) is 13.8. The van der Waals surface area contributed by atoms with Gasteiger partial charge in [-0.25, -0.2) is 0 Å². The van der Waals surface area contributed by atoms with Crippen molar-refractivity contribution >= 4 is 0 Å². The van der Waals surface area contributed by atoms with Crippen LogP contribution in [-0.4, -0.2) is 0 Å². The molecule has 0 amide bonds. The third-order valence-electron chi connectivity index (χ3n) is 8.58. The van der Waals surface area contributed by atoms with Crippen molar-refractivity contribution in [2.75, 3.05) is 0 Å². The van der Waals surface area contributed by atoms with Crippen LogP contribution in [0.1, 0.15) is 117 Å². The predicted molar refractivity (Wildman–Crippen MR) is 124 cm³/mol. The predicted octanol–water partition coefficient (Wildman–Crippen LogP) is 9.12. The van der Waals surface area contributed by atoms with Crippen LogP contribution in [0.4, 0.5) is 0 Å². The van der Waals surface area contributed by atoms with Crippen molar-refractivity contribution in [3.8, 4) is 0 Å². The Labute approximate surface area is 176 Å². The summed E-state index contributed by atoms with van der Waals surface area (Å²) in [4.78, 5) is 0. The van der Waals surface area contributed by atoms with Gasteiger partial charge in [-0.3, -0.25) is 0 Å². The van der Waals surface area contributed by atoms with Gasteiger partial charge < -0.3 is 0 Å². The maximum Gasteiger partial charge on any atom is -0.0233 e. The summed E-state index contributed by atoms with van der Waals surface area (Å²) in [7, 11) is 0. The van der Waals surface area contributed by atoms with Crippen molar-refractivity contribution in [2.24, 2.45) is 35.5 Å². The van der Waals surface area contributed by atoms with Gasteiger partial charge in [-0.05, 0) is 107 Å². The molecule has 0 aliphatic heterocycles. The zero-order valence-electron chi connectivity index (χ0n) is 19.1. The molecule has 0 aromatic carbocycles. The molecule has 3 aliphatic rings. The number of allylic oxidation sites excluding steroid dienone is 4. The second-order valence-electron chi connectivity index (χ2n) is 10.6. The molecule has 3 saturated carbocycles. The second-order valence-corrected chi connectivity index (χ2v) is 10.6. The molecule has 0 unspecified atom stereocenters. The molecular formula is C28H48. The zero-order chi connectivity index (χ0) is 19.6. The topological polar surface area (TPSA) is 0 Å². The van der Waals surface area contributed by atoms with Crippen LogP contribution >= 0.6 is 0 Å². The molecule has 0 N–H and O–H groups in total. The second kappa shape index (κ2) is 12.2. The highest BCUT2D eigenvalue weighted by Gasteiger charge is 2.30. The lowest BCUT2D eigenvalue weighted by Gasteiger charge is -2.38. The average Bonchev–Trinajstić information content (AvgIpc) is 2.74. The highest BCUT2D eigenvalue weighted by atomic mass is 14.4. The van der Waals surface area contributed by atoms with E-state index in [0.29, 0.717) is 0 Å². The third kappa shape index (κ3) is 7.07. The van der Waals surface area contributed by atoms with Gasteiger partial charge in [0.25, 0.3) is 0 Å². The van der Waals surface area contributed by atoms with Gasteiger partial charge in [0.2, 0.25) is 0 Å². The molecule has 0 bridgehead atoms. The number of hydrogen-bond donors (Lipinski definition) is 0. The Kier molecular flexibility index (Phi) is 9.69. The summed E-state index contributed by atoms with van der Waals surface area (Å²) in [5.41, 5.74) is 0. The van der Waals surface area contributed by atoms with E-state index in [1.807, 2.05) is 0 Å². The summed E-state index contributed by atoms with van der Waals surface area (Å²) in [5, 5.41) is 0. The first-order valence-electron chi connectivity index (χ1n) is 13.1. The smallest absolute Gasteiger partial charge is 0.0233 e. The van der Waals surface area contributed by atoms with Gasteiger partial charge >= 0.3 is 0 Å². The first-order valence-corrected chi connectivity index (χ1v) is 13.1. The summed E-state index contributed by atoms with van der Waals surface area (Å²) >= 11 is 0. The van der Waals surface area contributed by atoms with E-state index in [4.69, 9.17) is 0 Å². The third-order valence-corrected chi connectivity index (χ3v) is 8.58. The Balaban J connectivity index is 1.26. The summed E-state index contributed by atoms with van der Waals surface area (Å²) in [5.74, 6) is 6.02. The lowest BCUT2D eigenvalue weighted by molar-refractivity contribution is 0.141. The minimum absolute atomic E-state index is 0.867. The Morgan fingerprint density at radius 1 is 0.607 bits per heavy atom. The summed E-state index contributed by atoms with van der Waals surface area (Å²) in [6.45, 7) is 4.52. The molecule has 0 heterocycles. The quantitative estimate of drug-likeness (QED) is 0.366. The standard InChI is InChI=1S/C28H48/c1-3-7-23-11-13-25(14-12-23)9-5-6-10-26-17-21-28(22-18-26)27-19-15-24(8-4-2)16-20-27/h3,5,7,9,23-28H,4,6,8,10-22H2,1-2H3. The minimum atomic E-state index is 0.867. The van der Waals surface area contributed by atoms with Crippen molar-refractivity contribution in [3.63, 3.8) is 0 Å². The molecular weight excluding hydrogens is 336 g/mol. The molecule has 3 fully saturated rings. The average molecular weight is 385 g/mol. The largest absolute Gasteiger partial charge is 0.0914 e. The van der Waals surface area contributed by atoms with Crippen LogP contribution in [0, 0.1) is 35.5 Å². The highest BCUT2D eigenvalue weighted by Crippen LogP contribution is 2.43. The lowest BCUT2D eigenvalue weighted by Crippen LogP contribution is -2.25. The Hall–Kier alpha value is -0.520. The van der Waals surface area contributed by atoms with Crippen LogP contribution in [0.25, 0.3) is 0 Å². The fourth-order valence-electron chi connectivity index (χ4n) is 6.73. The monoisotopic (exact) mass is 384 g/mol. The summed E-state index contributed by atoms with van der Waals surface area (Å²) in [6, 6.07) is 0. The van der Waals surface area contributed by atoms with Crippen molar-refractivity contribution < 1.29 is 0 Å². The van der Waals surface area contributed by atoms with E-state index in [1.54, 1.807) is 38.5 Å². The van der Waals surface area contributed by atoms with Gasteiger partial charge in [0.1, 0.15) is 0 Å². The van der Waals surface area contributed by atoms with E-state index in [2.05, 4.69) is 38.2 Å². The normalized spacial score (nSPS) is 37.6. The number of hydrogen-bond acceptors (Lipinski definition) is 0. The van der Waals surface area contributed by atoms with Crippen LogP contribution in [0.5, 0.6) is 0 Å². The van der Waals surface area contributed by atoms with Crippen molar-refractivity contribution in [1.29, 1.82) is 0 Å². The van der Waals surface area contributed by atoms with Gasteiger partial charge in [0.15, 0.2) is 0 Å². The fourth-order valence-corrected chi connectivity index (χ4v) is 6.73. The maximum atomic E-state index is 2.58. The van der Waals surface area contributed by atoms with E-state index in [-0.39, 0.29) is 0 Å².